The Balaban J connectivity index is 4.01. The molecule has 1 N–H and O–H groups in total. The number of phosphoric ester groups is 1. The van der Waals surface area contributed by atoms with Gasteiger partial charge in [-0.15, -0.1) is 0 Å². The molecule has 10 heteroatoms. The molecule has 2 unspecified atom stereocenters. The first-order valence-electron chi connectivity index (χ1n) is 28.3. The number of allylic oxidation sites excluding steroid dienone is 14. The average Bonchev–Trinajstić information content (AvgIpc) is 3.32. The zero-order valence-corrected chi connectivity index (χ0v) is 46.6. The second-order valence-electron chi connectivity index (χ2n) is 19.9. The van der Waals surface area contributed by atoms with Gasteiger partial charge in [0.25, 0.3) is 0 Å². The molecule has 9 nitrogen and oxygen atoms in total. The van der Waals surface area contributed by atoms with Gasteiger partial charge < -0.3 is 18.9 Å². The van der Waals surface area contributed by atoms with Crippen molar-refractivity contribution in [3.05, 3.63) is 85.1 Å². The van der Waals surface area contributed by atoms with Crippen LogP contribution in [0.4, 0.5) is 0 Å². The minimum absolute atomic E-state index is 0.0286. The molecule has 0 saturated carbocycles. The third kappa shape index (κ3) is 54.5. The monoisotopic (exact) mass is 1000 g/mol. The van der Waals surface area contributed by atoms with Crippen LogP contribution in [0.25, 0.3) is 0 Å². The molecular weight excluding hydrogens is 894 g/mol. The zero-order chi connectivity index (χ0) is 51.3. The fourth-order valence-corrected chi connectivity index (χ4v) is 8.27. The Morgan fingerprint density at radius 2 is 0.814 bits per heavy atom. The first-order valence-corrected chi connectivity index (χ1v) is 29.8. The van der Waals surface area contributed by atoms with Gasteiger partial charge in [0.1, 0.15) is 19.8 Å². The van der Waals surface area contributed by atoms with Crippen molar-refractivity contribution in [2.45, 2.75) is 238 Å². The van der Waals surface area contributed by atoms with Crippen LogP contribution in [0, 0.1) is 0 Å². The predicted molar refractivity (Wildman–Crippen MR) is 298 cm³/mol. The molecule has 0 aromatic rings. The van der Waals surface area contributed by atoms with Gasteiger partial charge in [-0.2, -0.15) is 0 Å². The summed E-state index contributed by atoms with van der Waals surface area (Å²) < 4.78 is 34.4. The fourth-order valence-electron chi connectivity index (χ4n) is 7.53. The van der Waals surface area contributed by atoms with Gasteiger partial charge >= 0.3 is 19.8 Å². The summed E-state index contributed by atoms with van der Waals surface area (Å²) in [5, 5.41) is 0. The van der Waals surface area contributed by atoms with Gasteiger partial charge in [0, 0.05) is 12.8 Å². The Labute approximate surface area is 431 Å². The van der Waals surface area contributed by atoms with Crippen LogP contribution in [0.1, 0.15) is 232 Å². The maximum absolute atomic E-state index is 12.8. The van der Waals surface area contributed by atoms with E-state index in [1.54, 1.807) is 0 Å². The van der Waals surface area contributed by atoms with E-state index < -0.39 is 26.5 Å². The Morgan fingerprint density at radius 3 is 1.23 bits per heavy atom. The maximum atomic E-state index is 12.8. The number of rotatable bonds is 51. The van der Waals surface area contributed by atoms with Crippen LogP contribution in [0.15, 0.2) is 85.1 Å². The first-order chi connectivity index (χ1) is 34.0. The van der Waals surface area contributed by atoms with Gasteiger partial charge in [-0.25, -0.2) is 4.57 Å². The van der Waals surface area contributed by atoms with Crippen LogP contribution >= 0.6 is 7.82 Å². The van der Waals surface area contributed by atoms with Crippen LogP contribution in [-0.2, 0) is 32.7 Å². The third-order valence-electron chi connectivity index (χ3n) is 11.9. The van der Waals surface area contributed by atoms with Gasteiger partial charge in [-0.1, -0.05) is 221 Å². The highest BCUT2D eigenvalue weighted by Gasteiger charge is 2.27. The molecule has 404 valence electrons. The van der Waals surface area contributed by atoms with Crippen molar-refractivity contribution in [1.29, 1.82) is 0 Å². The number of quaternary nitrogens is 1. The lowest BCUT2D eigenvalue weighted by Gasteiger charge is -2.24. The van der Waals surface area contributed by atoms with E-state index in [1.807, 2.05) is 21.1 Å². The second kappa shape index (κ2) is 51.1. The van der Waals surface area contributed by atoms with E-state index >= 15 is 0 Å². The topological polar surface area (TPSA) is 108 Å². The average molecular weight is 1000 g/mol. The summed E-state index contributed by atoms with van der Waals surface area (Å²) in [6.45, 7) is 4.27. The van der Waals surface area contributed by atoms with E-state index in [1.165, 1.54) is 96.3 Å². The highest BCUT2D eigenvalue weighted by atomic mass is 31.2. The normalized spacial score (nSPS) is 14.0. The summed E-state index contributed by atoms with van der Waals surface area (Å²) in [6, 6.07) is 0. The minimum atomic E-state index is -4.38. The number of likely N-dealkylation sites (N-methyl/N-ethyl adjacent to an activating group) is 1. The minimum Gasteiger partial charge on any atom is -0.462 e. The van der Waals surface area contributed by atoms with Crippen LogP contribution < -0.4 is 0 Å². The van der Waals surface area contributed by atoms with Crippen LogP contribution in [0.3, 0.4) is 0 Å². The number of ether oxygens (including phenoxy) is 2. The summed E-state index contributed by atoms with van der Waals surface area (Å²) in [5.74, 6) is -0.808. The molecule has 0 heterocycles. The lowest BCUT2D eigenvalue weighted by molar-refractivity contribution is -0.870. The van der Waals surface area contributed by atoms with Gasteiger partial charge in [0.2, 0.25) is 0 Å². The van der Waals surface area contributed by atoms with Crippen LogP contribution in [0.2, 0.25) is 0 Å². The Hall–Kier alpha value is -2.81. The predicted octanol–water partition coefficient (Wildman–Crippen LogP) is 17.5. The molecule has 0 aliphatic rings. The highest BCUT2D eigenvalue weighted by molar-refractivity contribution is 7.47. The van der Waals surface area contributed by atoms with Gasteiger partial charge in [0.15, 0.2) is 6.10 Å². The molecule has 0 aliphatic heterocycles. The highest BCUT2D eigenvalue weighted by Crippen LogP contribution is 2.43. The molecule has 0 fully saturated rings. The molecule has 2 atom stereocenters. The molecular formula is C60H107NO8P+. The summed E-state index contributed by atoms with van der Waals surface area (Å²) >= 11 is 0. The SMILES string of the molecule is CC/C=C\C/C=C\C/C=C\C/C=C\C/C=C\C/C=C\CCCCCCCCCCCCCCCCCCC(=O)OC(COC(=O)CCCCCCC/C=C\CCCC)COP(=O)(O)OCC[N+](C)(C)C. The molecule has 0 spiro atoms. The Morgan fingerprint density at radius 1 is 0.457 bits per heavy atom. The smallest absolute Gasteiger partial charge is 0.462 e. The molecule has 0 radical (unpaired) electrons. The summed E-state index contributed by atoms with van der Waals surface area (Å²) in [5.41, 5.74) is 0. The third-order valence-corrected chi connectivity index (χ3v) is 12.9. The number of unbranched alkanes of at least 4 members (excludes halogenated alkanes) is 23. The van der Waals surface area contributed by atoms with Crippen molar-refractivity contribution in [1.82, 2.24) is 0 Å². The van der Waals surface area contributed by atoms with Gasteiger partial charge in [-0.05, 0) is 83.5 Å². The lowest BCUT2D eigenvalue weighted by atomic mass is 10.0. The molecule has 0 aliphatic carbocycles. The second-order valence-corrected chi connectivity index (χ2v) is 21.4. The van der Waals surface area contributed by atoms with Crippen molar-refractivity contribution in [2.24, 2.45) is 0 Å². The number of esters is 2. The van der Waals surface area contributed by atoms with Crippen LogP contribution in [-0.4, -0.2) is 74.9 Å². The van der Waals surface area contributed by atoms with E-state index in [0.717, 1.165) is 103 Å². The standard InChI is InChI=1S/C60H106NO8P/c1-6-8-10-12-14-16-18-19-20-21-22-23-24-25-26-27-28-29-30-31-32-33-34-35-36-37-38-39-40-41-43-45-47-49-51-53-60(63)69-58(57-68-70(64,65)67-55-54-61(3,4)5)56-66-59(62)52-50-48-46-44-42-17-15-13-11-9-7-2/h8,10,13-16,19-20,22-23,25-26,28-29,58H,6-7,9,11-12,17-18,21,24,27,30-57H2,1-5H3/p+1/b10-8-,15-13-,16-14-,20-19-,23-22-,26-25-,29-28-. The van der Waals surface area contributed by atoms with E-state index in [4.69, 9.17) is 18.5 Å². The molecule has 70 heavy (non-hydrogen) atoms. The van der Waals surface area contributed by atoms with Crippen molar-refractivity contribution >= 4 is 19.8 Å². The molecule has 0 bridgehead atoms. The maximum Gasteiger partial charge on any atom is 0.472 e. The van der Waals surface area contributed by atoms with E-state index in [9.17, 15) is 19.0 Å². The Kier molecular flexibility index (Phi) is 49.1. The largest absolute Gasteiger partial charge is 0.472 e. The summed E-state index contributed by atoms with van der Waals surface area (Å²) in [6.07, 6.45) is 68.1. The van der Waals surface area contributed by atoms with E-state index in [-0.39, 0.29) is 32.0 Å². The molecule has 0 amide bonds. The van der Waals surface area contributed by atoms with Crippen molar-refractivity contribution in [3.8, 4) is 0 Å². The van der Waals surface area contributed by atoms with Crippen molar-refractivity contribution < 1.29 is 42.1 Å². The van der Waals surface area contributed by atoms with Gasteiger partial charge in [0.05, 0.1) is 27.7 Å². The molecule has 0 aromatic heterocycles. The van der Waals surface area contributed by atoms with E-state index in [0.29, 0.717) is 17.4 Å². The number of hydrogen-bond donors (Lipinski definition) is 1. The van der Waals surface area contributed by atoms with Gasteiger partial charge in [-0.3, -0.25) is 18.6 Å². The number of nitrogens with zero attached hydrogens (tertiary/aromatic N) is 1. The number of carbonyl (C=O) groups excluding carboxylic acids is 2. The molecule has 0 rings (SSSR count). The van der Waals surface area contributed by atoms with Crippen molar-refractivity contribution in [2.75, 3.05) is 47.5 Å². The summed E-state index contributed by atoms with van der Waals surface area (Å²) in [4.78, 5) is 35.5. The van der Waals surface area contributed by atoms with Crippen molar-refractivity contribution in [3.63, 3.8) is 0 Å². The lowest BCUT2D eigenvalue weighted by Crippen LogP contribution is -2.37. The first kappa shape index (κ1) is 67.2. The zero-order valence-electron chi connectivity index (χ0n) is 45.7. The quantitative estimate of drug-likeness (QED) is 0.0211. The molecule has 0 aromatic carbocycles. The van der Waals surface area contributed by atoms with E-state index in [2.05, 4.69) is 98.9 Å². The fraction of sp³-hybridized carbons (Fsp3) is 0.733. The summed E-state index contributed by atoms with van der Waals surface area (Å²) in [7, 11) is 1.47. The van der Waals surface area contributed by atoms with Crippen LogP contribution in [0.5, 0.6) is 0 Å². The number of phosphoric acid groups is 1. The number of hydrogen-bond acceptors (Lipinski definition) is 7. The molecule has 0 saturated heterocycles. The number of carbonyl (C=O) groups is 2. The Bertz CT molecular complexity index is 1460.